The monoisotopic (exact) mass is 235 g/mol. The number of hydrogen-bond donors (Lipinski definition) is 1. The first kappa shape index (κ1) is 11.3. The predicted octanol–water partition coefficient (Wildman–Crippen LogP) is 0.939. The average Bonchev–Trinajstić information content (AvgIpc) is 2.48. The largest absolute Gasteiger partial charge is 0.477 e. The third kappa shape index (κ3) is 2.36. The summed E-state index contributed by atoms with van der Waals surface area (Å²) in [6, 6.07) is 0. The average molecular weight is 235 g/mol. The van der Waals surface area contributed by atoms with Gasteiger partial charge in [-0.25, -0.2) is 14.0 Å². The lowest BCUT2D eigenvalue weighted by atomic mass is 10.4. The summed E-state index contributed by atoms with van der Waals surface area (Å²) in [7, 11) is 0.584. The minimum atomic E-state index is -1.13. The molecule has 0 amide bonds. The molecule has 14 heavy (non-hydrogen) atoms. The second kappa shape index (κ2) is 4.61. The fraction of sp³-hybridized carbons (Fsp3) is 0.429. The Morgan fingerprint density at radius 3 is 2.79 bits per heavy atom. The molecule has 0 spiro atoms. The molecule has 0 saturated carbocycles. The summed E-state index contributed by atoms with van der Waals surface area (Å²) in [5.41, 5.74) is -0.0600. The molecule has 0 bridgehead atoms. The number of carboxylic acid groups (broad SMARTS) is 1. The van der Waals surface area contributed by atoms with Crippen molar-refractivity contribution < 1.29 is 19.4 Å². The van der Waals surface area contributed by atoms with Gasteiger partial charge in [0.05, 0.1) is 6.61 Å². The molecule has 1 rings (SSSR count). The molecular weight excluding hydrogens is 226 g/mol. The summed E-state index contributed by atoms with van der Waals surface area (Å²) >= 11 is 0. The Labute approximate surface area is 87.0 Å². The van der Waals surface area contributed by atoms with Gasteiger partial charge in [0.1, 0.15) is 4.91 Å². The van der Waals surface area contributed by atoms with Gasteiger partial charge in [0, 0.05) is 6.26 Å². The molecule has 0 aromatic heterocycles. The lowest BCUT2D eigenvalue weighted by Crippen LogP contribution is -2.09. The predicted molar refractivity (Wildman–Crippen MR) is 54.6 cm³/mol. The maximum absolute atomic E-state index is 11.3. The molecule has 5 nitrogen and oxygen atoms in total. The van der Waals surface area contributed by atoms with Crippen LogP contribution in [0.3, 0.4) is 0 Å². The molecule has 1 N–H and O–H groups in total. The Balaban J connectivity index is 2.95. The van der Waals surface area contributed by atoms with Crippen molar-refractivity contribution in [3.8, 4) is 0 Å². The number of carbonyl (C=O) groups excluding carboxylic acids is 1. The van der Waals surface area contributed by atoms with Crippen molar-refractivity contribution in [2.45, 2.75) is 6.92 Å². The summed E-state index contributed by atoms with van der Waals surface area (Å²) < 4.78 is 8.62. The van der Waals surface area contributed by atoms with Crippen molar-refractivity contribution in [1.82, 2.24) is 0 Å². The van der Waals surface area contributed by atoms with E-state index in [0.29, 0.717) is 0 Å². The number of carbonyl (C=O) groups is 2. The van der Waals surface area contributed by atoms with E-state index in [9.17, 15) is 9.59 Å². The second-order valence-corrected chi connectivity index (χ2v) is 5.85. The molecule has 0 aliphatic carbocycles. The van der Waals surface area contributed by atoms with Crippen LogP contribution in [0.5, 0.6) is 0 Å². The topological polar surface area (TPSA) is 76.0 Å². The van der Waals surface area contributed by atoms with Gasteiger partial charge in [-0.15, -0.1) is 0 Å². The smallest absolute Gasteiger partial charge is 0.359 e. The number of esters is 1. The van der Waals surface area contributed by atoms with Gasteiger partial charge < -0.3 is 9.84 Å². The highest BCUT2D eigenvalue weighted by molar-refractivity contribution is 8.72. The van der Waals surface area contributed by atoms with Gasteiger partial charge in [-0.05, 0) is 27.4 Å². The number of aliphatic carboxylic acids is 1. The van der Waals surface area contributed by atoms with Crippen LogP contribution in [0.2, 0.25) is 0 Å². The molecule has 7 heteroatoms. The molecule has 0 saturated heterocycles. The van der Waals surface area contributed by atoms with E-state index in [1.807, 2.05) is 0 Å². The highest BCUT2D eigenvalue weighted by atomic mass is 33.1. The van der Waals surface area contributed by atoms with Crippen LogP contribution in [0, 0.1) is 0 Å². The highest BCUT2D eigenvalue weighted by Crippen LogP contribution is 2.33. The number of hydrogen-bond acceptors (Lipinski definition) is 5. The van der Waals surface area contributed by atoms with E-state index in [1.165, 1.54) is 0 Å². The zero-order valence-electron chi connectivity index (χ0n) is 7.64. The normalized spacial score (nSPS) is 20.6. The first-order chi connectivity index (χ1) is 6.56. The fourth-order valence-electron chi connectivity index (χ4n) is 0.815. The minimum absolute atomic E-state index is 0.0192. The van der Waals surface area contributed by atoms with Crippen molar-refractivity contribution in [2.75, 3.05) is 12.9 Å². The van der Waals surface area contributed by atoms with Crippen molar-refractivity contribution in [2.24, 2.45) is 4.36 Å². The summed E-state index contributed by atoms with van der Waals surface area (Å²) in [6.45, 7) is 1.87. The summed E-state index contributed by atoms with van der Waals surface area (Å²) in [5, 5.41) is 8.78. The van der Waals surface area contributed by atoms with Crippen LogP contribution in [0.15, 0.2) is 15.0 Å². The zero-order valence-corrected chi connectivity index (χ0v) is 9.28. The quantitative estimate of drug-likeness (QED) is 0.582. The SMILES string of the molecule is CCOC(=O)C1=C(C(=O)O)SS(C)=N1. The molecule has 0 radical (unpaired) electrons. The summed E-state index contributed by atoms with van der Waals surface area (Å²) in [5.74, 6) is -1.78. The molecule has 78 valence electrons. The molecule has 0 aromatic rings. The van der Waals surface area contributed by atoms with Gasteiger partial charge in [-0.2, -0.15) is 0 Å². The molecule has 1 aliphatic rings. The second-order valence-electron chi connectivity index (χ2n) is 2.30. The zero-order chi connectivity index (χ0) is 10.7. The summed E-state index contributed by atoms with van der Waals surface area (Å²) in [4.78, 5) is 22.0. The third-order valence-corrected chi connectivity index (χ3v) is 3.96. The van der Waals surface area contributed by atoms with Crippen LogP contribution >= 0.6 is 10.8 Å². The van der Waals surface area contributed by atoms with E-state index < -0.39 is 21.7 Å². The fourth-order valence-corrected chi connectivity index (χ4v) is 3.36. The lowest BCUT2D eigenvalue weighted by Gasteiger charge is -1.99. The number of ether oxygens (including phenoxy) is 1. The van der Waals surface area contributed by atoms with Crippen LogP contribution in [0.4, 0.5) is 0 Å². The van der Waals surface area contributed by atoms with E-state index in [2.05, 4.69) is 4.36 Å². The van der Waals surface area contributed by atoms with Crippen LogP contribution in [0.1, 0.15) is 6.92 Å². The van der Waals surface area contributed by atoms with Crippen LogP contribution in [0.25, 0.3) is 0 Å². The van der Waals surface area contributed by atoms with Gasteiger partial charge in [-0.3, -0.25) is 0 Å². The van der Waals surface area contributed by atoms with Crippen molar-refractivity contribution in [1.29, 1.82) is 0 Å². The first-order valence-electron chi connectivity index (χ1n) is 3.77. The standard InChI is InChI=1S/C7H9NO4S2/c1-3-12-7(11)4-5(6(9)10)13-14(2)8-4/h3H2,1-2H3,(H,9,10). The van der Waals surface area contributed by atoms with E-state index in [-0.39, 0.29) is 17.2 Å². The molecule has 0 fully saturated rings. The van der Waals surface area contributed by atoms with E-state index in [0.717, 1.165) is 10.8 Å². The molecule has 1 aliphatic heterocycles. The van der Waals surface area contributed by atoms with Crippen LogP contribution < -0.4 is 0 Å². The van der Waals surface area contributed by atoms with Crippen molar-refractivity contribution in [3.05, 3.63) is 10.6 Å². The van der Waals surface area contributed by atoms with Gasteiger partial charge in [0.25, 0.3) is 0 Å². The van der Waals surface area contributed by atoms with Crippen molar-refractivity contribution in [3.63, 3.8) is 0 Å². The molecular formula is C7H9NO4S2. The molecule has 1 atom stereocenters. The number of nitrogens with zero attached hydrogens (tertiary/aromatic N) is 1. The van der Waals surface area contributed by atoms with Crippen LogP contribution in [-0.2, 0) is 24.0 Å². The first-order valence-corrected chi connectivity index (χ1v) is 6.69. The van der Waals surface area contributed by atoms with Gasteiger partial charge in [-0.1, -0.05) is 0 Å². The lowest BCUT2D eigenvalue weighted by molar-refractivity contribution is -0.139. The van der Waals surface area contributed by atoms with E-state index in [1.54, 1.807) is 13.2 Å². The van der Waals surface area contributed by atoms with Gasteiger partial charge >= 0.3 is 11.9 Å². The van der Waals surface area contributed by atoms with Crippen LogP contribution in [-0.4, -0.2) is 29.9 Å². The number of carboxylic acids is 1. The molecule has 1 heterocycles. The maximum atomic E-state index is 11.3. The summed E-state index contributed by atoms with van der Waals surface area (Å²) in [6.07, 6.45) is 1.75. The third-order valence-electron chi connectivity index (χ3n) is 1.30. The highest BCUT2D eigenvalue weighted by Gasteiger charge is 2.27. The Bertz CT molecular complexity index is 348. The Kier molecular flexibility index (Phi) is 3.70. The maximum Gasteiger partial charge on any atom is 0.359 e. The Hall–Kier alpha value is -0.820. The van der Waals surface area contributed by atoms with Crippen molar-refractivity contribution >= 4 is 32.5 Å². The van der Waals surface area contributed by atoms with E-state index >= 15 is 0 Å². The van der Waals surface area contributed by atoms with E-state index in [4.69, 9.17) is 9.84 Å². The Morgan fingerprint density at radius 2 is 2.29 bits per heavy atom. The minimum Gasteiger partial charge on any atom is -0.477 e. The Morgan fingerprint density at radius 1 is 1.64 bits per heavy atom. The molecule has 0 aromatic carbocycles. The van der Waals surface area contributed by atoms with Gasteiger partial charge in [0.2, 0.25) is 0 Å². The molecule has 1 unspecified atom stereocenters. The van der Waals surface area contributed by atoms with Gasteiger partial charge in [0.15, 0.2) is 5.70 Å². The number of rotatable bonds is 3.